The molecule has 0 saturated heterocycles. The molecule has 0 aliphatic heterocycles. The van der Waals surface area contributed by atoms with Gasteiger partial charge in [0.25, 0.3) is 0 Å². The summed E-state index contributed by atoms with van der Waals surface area (Å²) in [5, 5.41) is 0.843. The maximum Gasteiger partial charge on any atom is 0.0408 e. The van der Waals surface area contributed by atoms with E-state index in [9.17, 15) is 0 Å². The molecule has 0 heterocycles. The first-order valence-electron chi connectivity index (χ1n) is 4.46. The average molecular weight is 183 g/mol. The Balaban J connectivity index is 2.63. The molecule has 0 radical (unpaired) electrons. The predicted molar refractivity (Wildman–Crippen MR) is 54.6 cm³/mol. The van der Waals surface area contributed by atoms with Crippen LogP contribution < -0.4 is 0 Å². The van der Waals surface area contributed by atoms with Gasteiger partial charge in [-0.15, -0.1) is 0 Å². The average Bonchev–Trinajstić information content (AvgIpc) is 2.04. The molecule has 0 bridgehead atoms. The molecule has 0 amide bonds. The van der Waals surface area contributed by atoms with E-state index in [-0.39, 0.29) is 0 Å². The molecule has 1 aromatic carbocycles. The predicted octanol–water partition coefficient (Wildman–Crippen LogP) is 3.93. The van der Waals surface area contributed by atoms with Crippen LogP contribution in [0.25, 0.3) is 0 Å². The molecule has 0 nitrogen and oxygen atoms in total. The molecular formula is C11H15Cl. The van der Waals surface area contributed by atoms with Crippen LogP contribution in [0, 0.1) is 5.92 Å². The van der Waals surface area contributed by atoms with Crippen molar-refractivity contribution in [3.63, 3.8) is 0 Å². The third-order valence-corrected chi connectivity index (χ3v) is 2.41. The quantitative estimate of drug-likeness (QED) is 0.665. The van der Waals surface area contributed by atoms with Crippen LogP contribution in [-0.2, 0) is 6.42 Å². The Kier molecular flexibility index (Phi) is 3.61. The van der Waals surface area contributed by atoms with Crippen molar-refractivity contribution in [2.24, 2.45) is 5.92 Å². The van der Waals surface area contributed by atoms with Gasteiger partial charge in [0, 0.05) is 5.02 Å². The van der Waals surface area contributed by atoms with Gasteiger partial charge in [-0.3, -0.25) is 0 Å². The van der Waals surface area contributed by atoms with E-state index in [1.807, 2.05) is 18.2 Å². The van der Waals surface area contributed by atoms with Gasteiger partial charge in [0.1, 0.15) is 0 Å². The van der Waals surface area contributed by atoms with Crippen molar-refractivity contribution in [2.75, 3.05) is 0 Å². The lowest BCUT2D eigenvalue weighted by molar-refractivity contribution is 0.560. The van der Waals surface area contributed by atoms with Gasteiger partial charge in [-0.2, -0.15) is 0 Å². The largest absolute Gasteiger partial charge is 0.0843 e. The maximum atomic E-state index is 5.87. The summed E-state index contributed by atoms with van der Waals surface area (Å²) in [7, 11) is 0. The molecule has 1 atom stereocenters. The van der Waals surface area contributed by atoms with Gasteiger partial charge >= 0.3 is 0 Å². The zero-order chi connectivity index (χ0) is 8.97. The molecule has 0 spiro atoms. The van der Waals surface area contributed by atoms with Gasteiger partial charge in [-0.05, 0) is 30.0 Å². The van der Waals surface area contributed by atoms with E-state index in [0.29, 0.717) is 0 Å². The lowest BCUT2D eigenvalue weighted by Gasteiger charge is -2.07. The van der Waals surface area contributed by atoms with Gasteiger partial charge in [0.05, 0.1) is 0 Å². The SMILES string of the molecule is CC[C@@H](C)Cc1cccc(Cl)c1. The molecule has 0 fully saturated rings. The van der Waals surface area contributed by atoms with Gasteiger partial charge in [0.15, 0.2) is 0 Å². The fourth-order valence-electron chi connectivity index (χ4n) is 1.21. The number of benzene rings is 1. The summed E-state index contributed by atoms with van der Waals surface area (Å²) < 4.78 is 0. The molecule has 1 rings (SSSR count). The second-order valence-electron chi connectivity index (χ2n) is 3.35. The van der Waals surface area contributed by atoms with Crippen LogP contribution in [0.4, 0.5) is 0 Å². The summed E-state index contributed by atoms with van der Waals surface area (Å²) in [4.78, 5) is 0. The summed E-state index contributed by atoms with van der Waals surface area (Å²) in [6.07, 6.45) is 2.36. The number of hydrogen-bond acceptors (Lipinski definition) is 0. The van der Waals surface area contributed by atoms with Gasteiger partial charge < -0.3 is 0 Å². The Morgan fingerprint density at radius 1 is 1.42 bits per heavy atom. The van der Waals surface area contributed by atoms with Gasteiger partial charge in [-0.25, -0.2) is 0 Å². The summed E-state index contributed by atoms with van der Waals surface area (Å²) in [5.41, 5.74) is 1.34. The third-order valence-electron chi connectivity index (χ3n) is 2.17. The van der Waals surface area contributed by atoms with Crippen molar-refractivity contribution in [3.05, 3.63) is 34.9 Å². The van der Waals surface area contributed by atoms with Crippen molar-refractivity contribution in [1.82, 2.24) is 0 Å². The van der Waals surface area contributed by atoms with Crippen LogP contribution in [0.1, 0.15) is 25.8 Å². The highest BCUT2D eigenvalue weighted by Crippen LogP contribution is 2.15. The minimum atomic E-state index is 0.753. The fourth-order valence-corrected chi connectivity index (χ4v) is 1.42. The van der Waals surface area contributed by atoms with E-state index < -0.39 is 0 Å². The topological polar surface area (TPSA) is 0 Å². The number of halogens is 1. The van der Waals surface area contributed by atoms with Crippen molar-refractivity contribution in [1.29, 1.82) is 0 Å². The maximum absolute atomic E-state index is 5.87. The highest BCUT2D eigenvalue weighted by Gasteiger charge is 2.00. The molecule has 0 saturated carbocycles. The summed E-state index contributed by atoms with van der Waals surface area (Å²) in [6.45, 7) is 4.48. The third kappa shape index (κ3) is 2.86. The van der Waals surface area contributed by atoms with Crippen LogP contribution in [0.2, 0.25) is 5.02 Å². The lowest BCUT2D eigenvalue weighted by Crippen LogP contribution is -1.97. The monoisotopic (exact) mass is 182 g/mol. The fraction of sp³-hybridized carbons (Fsp3) is 0.455. The normalized spacial score (nSPS) is 12.9. The Bertz CT molecular complexity index is 243. The van der Waals surface area contributed by atoms with Crippen LogP contribution in [-0.4, -0.2) is 0 Å². The van der Waals surface area contributed by atoms with Crippen LogP contribution in [0.5, 0.6) is 0 Å². The highest BCUT2D eigenvalue weighted by molar-refractivity contribution is 6.30. The van der Waals surface area contributed by atoms with Gasteiger partial charge in [0.2, 0.25) is 0 Å². The number of rotatable bonds is 3. The Morgan fingerprint density at radius 2 is 2.17 bits per heavy atom. The molecule has 0 aromatic heterocycles. The van der Waals surface area contributed by atoms with Gasteiger partial charge in [-0.1, -0.05) is 44.0 Å². The van der Waals surface area contributed by atoms with E-state index in [1.165, 1.54) is 12.0 Å². The molecule has 0 unspecified atom stereocenters. The van der Waals surface area contributed by atoms with E-state index >= 15 is 0 Å². The van der Waals surface area contributed by atoms with Crippen molar-refractivity contribution in [2.45, 2.75) is 26.7 Å². The molecule has 12 heavy (non-hydrogen) atoms. The molecule has 66 valence electrons. The zero-order valence-corrected chi connectivity index (χ0v) is 8.43. The Labute approximate surface area is 79.6 Å². The first-order valence-corrected chi connectivity index (χ1v) is 4.84. The van der Waals surface area contributed by atoms with E-state index in [4.69, 9.17) is 11.6 Å². The molecule has 0 aliphatic carbocycles. The highest BCUT2D eigenvalue weighted by atomic mass is 35.5. The summed E-state index contributed by atoms with van der Waals surface area (Å²) >= 11 is 5.87. The van der Waals surface area contributed by atoms with E-state index in [2.05, 4.69) is 19.9 Å². The molecule has 0 N–H and O–H groups in total. The summed E-state index contributed by atoms with van der Waals surface area (Å²) in [6, 6.07) is 8.12. The van der Waals surface area contributed by atoms with Crippen molar-refractivity contribution < 1.29 is 0 Å². The van der Waals surface area contributed by atoms with E-state index in [1.54, 1.807) is 0 Å². The van der Waals surface area contributed by atoms with Crippen LogP contribution in [0.3, 0.4) is 0 Å². The van der Waals surface area contributed by atoms with E-state index in [0.717, 1.165) is 17.4 Å². The van der Waals surface area contributed by atoms with Crippen molar-refractivity contribution >= 4 is 11.6 Å². The Hall–Kier alpha value is -0.490. The first kappa shape index (κ1) is 9.60. The summed E-state index contributed by atoms with van der Waals surface area (Å²) in [5.74, 6) is 0.753. The molecule has 1 heteroatoms. The second-order valence-corrected chi connectivity index (χ2v) is 3.78. The lowest BCUT2D eigenvalue weighted by atomic mass is 9.99. The molecule has 1 aromatic rings. The first-order chi connectivity index (χ1) is 5.72. The smallest absolute Gasteiger partial charge is 0.0408 e. The second kappa shape index (κ2) is 4.51. The van der Waals surface area contributed by atoms with Crippen molar-refractivity contribution in [3.8, 4) is 0 Å². The zero-order valence-electron chi connectivity index (χ0n) is 7.68. The minimum Gasteiger partial charge on any atom is -0.0843 e. The number of hydrogen-bond donors (Lipinski definition) is 0. The molecular weight excluding hydrogens is 168 g/mol. The van der Waals surface area contributed by atoms with Crippen LogP contribution in [0.15, 0.2) is 24.3 Å². The Morgan fingerprint density at radius 3 is 2.75 bits per heavy atom. The molecule has 0 aliphatic rings. The standard InChI is InChI=1S/C11H15Cl/c1-3-9(2)7-10-5-4-6-11(12)8-10/h4-6,8-9H,3,7H2,1-2H3/t9-/m1/s1. The minimum absolute atomic E-state index is 0.753. The van der Waals surface area contributed by atoms with Crippen LogP contribution >= 0.6 is 11.6 Å².